The molecule has 25 heavy (non-hydrogen) atoms. The minimum atomic E-state index is -0.406. The highest BCUT2D eigenvalue weighted by molar-refractivity contribution is 5.94. The number of morpholine rings is 1. The lowest BCUT2D eigenvalue weighted by Crippen LogP contribution is -2.45. The topological polar surface area (TPSA) is 67.9 Å². The summed E-state index contributed by atoms with van der Waals surface area (Å²) in [5, 5.41) is 2.72. The monoisotopic (exact) mass is 348 g/mol. The summed E-state index contributed by atoms with van der Waals surface area (Å²) in [4.78, 5) is 25.9. The van der Waals surface area contributed by atoms with Crippen molar-refractivity contribution >= 4 is 17.6 Å². The summed E-state index contributed by atoms with van der Waals surface area (Å²) in [6.07, 6.45) is -0.100. The van der Waals surface area contributed by atoms with Gasteiger partial charge in [0.1, 0.15) is 12.7 Å². The maximum Gasteiger partial charge on any atom is 0.338 e. The molecule has 1 aliphatic rings. The molecule has 0 aromatic heterocycles. The van der Waals surface area contributed by atoms with Gasteiger partial charge in [-0.25, -0.2) is 4.79 Å². The van der Waals surface area contributed by atoms with E-state index in [4.69, 9.17) is 9.47 Å². The first-order chi connectivity index (χ1) is 11.8. The van der Waals surface area contributed by atoms with Crippen molar-refractivity contribution in [2.75, 3.05) is 38.2 Å². The van der Waals surface area contributed by atoms with Gasteiger partial charge in [0, 0.05) is 32.2 Å². The Morgan fingerprint density at radius 1 is 1.40 bits per heavy atom. The molecule has 0 saturated carbocycles. The molecule has 6 heteroatoms. The van der Waals surface area contributed by atoms with E-state index in [9.17, 15) is 9.59 Å². The molecule has 1 aliphatic heterocycles. The number of nitrogens with one attached hydrogen (secondary N) is 1. The van der Waals surface area contributed by atoms with E-state index >= 15 is 0 Å². The molecule has 0 radical (unpaired) electrons. The molecular formula is C19H28N2O4. The van der Waals surface area contributed by atoms with E-state index in [0.717, 1.165) is 25.2 Å². The molecule has 0 aliphatic carbocycles. The highest BCUT2D eigenvalue weighted by Crippen LogP contribution is 2.18. The second-order valence-corrected chi connectivity index (χ2v) is 6.96. The third-order valence-electron chi connectivity index (χ3n) is 4.03. The quantitative estimate of drug-likeness (QED) is 0.800. The molecule has 1 atom stereocenters. The van der Waals surface area contributed by atoms with Crippen molar-refractivity contribution in [3.63, 3.8) is 0 Å². The van der Waals surface area contributed by atoms with Gasteiger partial charge in [-0.1, -0.05) is 19.9 Å². The Morgan fingerprint density at radius 2 is 2.16 bits per heavy atom. The highest BCUT2D eigenvalue weighted by atomic mass is 16.6. The van der Waals surface area contributed by atoms with Gasteiger partial charge >= 0.3 is 5.97 Å². The van der Waals surface area contributed by atoms with E-state index in [1.807, 2.05) is 6.92 Å². The van der Waals surface area contributed by atoms with Crippen LogP contribution in [-0.4, -0.2) is 55.7 Å². The Labute approximate surface area is 149 Å². The van der Waals surface area contributed by atoms with Crippen molar-refractivity contribution < 1.29 is 19.1 Å². The van der Waals surface area contributed by atoms with Gasteiger partial charge in [0.2, 0.25) is 5.91 Å². The summed E-state index contributed by atoms with van der Waals surface area (Å²) in [5.74, 6) is 0.0201. The van der Waals surface area contributed by atoms with Gasteiger partial charge in [0.05, 0.1) is 12.2 Å². The molecule has 6 nitrogen and oxygen atoms in total. The molecule has 1 amide bonds. The van der Waals surface area contributed by atoms with Gasteiger partial charge in [-0.3, -0.25) is 9.69 Å². The molecule has 2 rings (SSSR count). The number of anilines is 1. The van der Waals surface area contributed by atoms with Crippen LogP contribution in [0.25, 0.3) is 0 Å². The van der Waals surface area contributed by atoms with E-state index in [1.54, 1.807) is 18.2 Å². The Bertz CT molecular complexity index is 615. The first-order valence-electron chi connectivity index (χ1n) is 8.74. The number of ether oxygens (including phenoxy) is 2. The zero-order valence-electron chi connectivity index (χ0n) is 15.5. The SMILES string of the molecule is CC(=O)Nc1cc(C(=O)OCC2CN(CC(C)C)CCO2)ccc1C. The van der Waals surface area contributed by atoms with E-state index in [0.29, 0.717) is 23.8 Å². The molecule has 1 heterocycles. The number of amides is 1. The largest absolute Gasteiger partial charge is 0.459 e. The standard InChI is InChI=1S/C19H28N2O4/c1-13(2)10-21-7-8-24-17(11-21)12-25-19(23)16-6-5-14(3)18(9-16)20-15(4)22/h5-6,9,13,17H,7-8,10-12H2,1-4H3,(H,20,22). The molecule has 1 aromatic carbocycles. The lowest BCUT2D eigenvalue weighted by molar-refractivity contribution is -0.114. The average Bonchev–Trinajstić information content (AvgIpc) is 2.54. The maximum atomic E-state index is 12.3. The molecule has 1 N–H and O–H groups in total. The average molecular weight is 348 g/mol. The van der Waals surface area contributed by atoms with Gasteiger partial charge in [0.25, 0.3) is 0 Å². The fraction of sp³-hybridized carbons (Fsp3) is 0.579. The molecule has 0 spiro atoms. The van der Waals surface area contributed by atoms with E-state index < -0.39 is 5.97 Å². The Hall–Kier alpha value is -1.92. The summed E-state index contributed by atoms with van der Waals surface area (Å²) < 4.78 is 11.1. The first kappa shape index (κ1) is 19.4. The molecule has 0 bridgehead atoms. The van der Waals surface area contributed by atoms with Crippen molar-refractivity contribution in [2.45, 2.75) is 33.8 Å². The molecular weight excluding hydrogens is 320 g/mol. The van der Waals surface area contributed by atoms with Gasteiger partial charge in [-0.15, -0.1) is 0 Å². The number of nitrogens with zero attached hydrogens (tertiary/aromatic N) is 1. The molecule has 1 unspecified atom stereocenters. The van der Waals surface area contributed by atoms with Crippen LogP contribution >= 0.6 is 0 Å². The summed E-state index contributed by atoms with van der Waals surface area (Å²) in [6, 6.07) is 5.14. The van der Waals surface area contributed by atoms with E-state index in [-0.39, 0.29) is 18.6 Å². The van der Waals surface area contributed by atoms with Crippen molar-refractivity contribution in [1.82, 2.24) is 4.90 Å². The predicted octanol–water partition coefficient (Wildman–Crippen LogP) is 2.47. The van der Waals surface area contributed by atoms with Crippen LogP contribution in [0.1, 0.15) is 36.7 Å². The second-order valence-electron chi connectivity index (χ2n) is 6.96. The number of carbonyl (C=O) groups is 2. The van der Waals surface area contributed by atoms with Crippen molar-refractivity contribution in [2.24, 2.45) is 5.92 Å². The van der Waals surface area contributed by atoms with Gasteiger partial charge in [0.15, 0.2) is 0 Å². The Balaban J connectivity index is 1.90. The van der Waals surface area contributed by atoms with Crippen LogP contribution in [0.4, 0.5) is 5.69 Å². The van der Waals surface area contributed by atoms with Crippen LogP contribution in [0.3, 0.4) is 0 Å². The van der Waals surface area contributed by atoms with Gasteiger partial charge in [-0.05, 0) is 30.5 Å². The third-order valence-corrected chi connectivity index (χ3v) is 4.03. The summed E-state index contributed by atoms with van der Waals surface area (Å²) >= 11 is 0. The molecule has 1 fully saturated rings. The number of carbonyl (C=O) groups excluding carboxylic acids is 2. The first-order valence-corrected chi connectivity index (χ1v) is 8.74. The zero-order chi connectivity index (χ0) is 18.4. The van der Waals surface area contributed by atoms with Crippen LogP contribution in [0.5, 0.6) is 0 Å². The normalized spacial score (nSPS) is 18.2. The van der Waals surface area contributed by atoms with Crippen LogP contribution < -0.4 is 5.32 Å². The number of rotatable bonds is 6. The van der Waals surface area contributed by atoms with Crippen LogP contribution in [-0.2, 0) is 14.3 Å². The molecule has 1 aromatic rings. The zero-order valence-corrected chi connectivity index (χ0v) is 15.5. The Kier molecular flexibility index (Phi) is 6.96. The lowest BCUT2D eigenvalue weighted by Gasteiger charge is -2.33. The fourth-order valence-electron chi connectivity index (χ4n) is 2.89. The van der Waals surface area contributed by atoms with Crippen LogP contribution in [0, 0.1) is 12.8 Å². The number of hydrogen-bond donors (Lipinski definition) is 1. The van der Waals surface area contributed by atoms with E-state index in [2.05, 4.69) is 24.1 Å². The minimum Gasteiger partial charge on any atom is -0.459 e. The number of benzene rings is 1. The van der Waals surface area contributed by atoms with Gasteiger partial charge < -0.3 is 14.8 Å². The number of hydrogen-bond acceptors (Lipinski definition) is 5. The lowest BCUT2D eigenvalue weighted by atomic mass is 10.1. The third kappa shape index (κ3) is 6.14. The smallest absolute Gasteiger partial charge is 0.338 e. The fourth-order valence-corrected chi connectivity index (χ4v) is 2.89. The molecule has 1 saturated heterocycles. The predicted molar refractivity (Wildman–Crippen MR) is 96.8 cm³/mol. The van der Waals surface area contributed by atoms with Crippen molar-refractivity contribution in [3.8, 4) is 0 Å². The molecule has 138 valence electrons. The summed E-state index contributed by atoms with van der Waals surface area (Å²) in [7, 11) is 0. The minimum absolute atomic E-state index is 0.100. The summed E-state index contributed by atoms with van der Waals surface area (Å²) in [6.45, 7) is 11.3. The highest BCUT2D eigenvalue weighted by Gasteiger charge is 2.22. The summed E-state index contributed by atoms with van der Waals surface area (Å²) in [5.41, 5.74) is 1.94. The van der Waals surface area contributed by atoms with Crippen LogP contribution in [0.15, 0.2) is 18.2 Å². The van der Waals surface area contributed by atoms with Crippen molar-refractivity contribution in [1.29, 1.82) is 0 Å². The second kappa shape index (κ2) is 8.97. The number of esters is 1. The maximum absolute atomic E-state index is 12.3. The Morgan fingerprint density at radius 3 is 2.84 bits per heavy atom. The van der Waals surface area contributed by atoms with Gasteiger partial charge in [-0.2, -0.15) is 0 Å². The van der Waals surface area contributed by atoms with Crippen molar-refractivity contribution in [3.05, 3.63) is 29.3 Å². The van der Waals surface area contributed by atoms with Crippen LogP contribution in [0.2, 0.25) is 0 Å². The van der Waals surface area contributed by atoms with E-state index in [1.165, 1.54) is 6.92 Å². The number of aryl methyl sites for hydroxylation is 1.